The van der Waals surface area contributed by atoms with Gasteiger partial charge in [-0.3, -0.25) is 0 Å². The van der Waals surface area contributed by atoms with E-state index >= 15 is 0 Å². The van der Waals surface area contributed by atoms with Crippen LogP contribution in [0.4, 0.5) is 0 Å². The smallest absolute Gasteiger partial charge is 0.191 e. The first-order valence-electron chi connectivity index (χ1n) is 9.78. The van der Waals surface area contributed by atoms with Crippen LogP contribution in [-0.2, 0) is 13.1 Å². The number of nitrogens with zero attached hydrogens (tertiary/aromatic N) is 1. The van der Waals surface area contributed by atoms with Crippen molar-refractivity contribution >= 4 is 29.9 Å². The lowest BCUT2D eigenvalue weighted by atomic mass is 10.2. The lowest BCUT2D eigenvalue weighted by Gasteiger charge is -2.14. The molecule has 9 heteroatoms. The molecule has 0 saturated heterocycles. The highest BCUT2D eigenvalue weighted by atomic mass is 127. The third kappa shape index (κ3) is 8.33. The average molecular weight is 545 g/mol. The van der Waals surface area contributed by atoms with Crippen molar-refractivity contribution in [2.45, 2.75) is 20.0 Å². The number of ether oxygens (including phenoxy) is 4. The number of hydrogen-bond acceptors (Lipinski definition) is 6. The van der Waals surface area contributed by atoms with Gasteiger partial charge in [0.1, 0.15) is 6.61 Å². The molecule has 0 saturated carbocycles. The maximum absolute atomic E-state index is 8.92. The summed E-state index contributed by atoms with van der Waals surface area (Å²) in [5, 5.41) is 15.5. The first kappa shape index (κ1) is 26.6. The van der Waals surface area contributed by atoms with E-state index in [1.807, 2.05) is 43.3 Å². The van der Waals surface area contributed by atoms with E-state index in [1.54, 1.807) is 21.3 Å². The van der Waals surface area contributed by atoms with E-state index < -0.39 is 0 Å². The van der Waals surface area contributed by atoms with E-state index in [-0.39, 0.29) is 37.2 Å². The minimum absolute atomic E-state index is 0. The van der Waals surface area contributed by atoms with Crippen LogP contribution in [0.15, 0.2) is 41.4 Å². The molecule has 0 unspecified atom stereocenters. The van der Waals surface area contributed by atoms with Crippen LogP contribution in [0.25, 0.3) is 0 Å². The van der Waals surface area contributed by atoms with Crippen LogP contribution in [0.5, 0.6) is 23.0 Å². The number of hydrogen-bond donors (Lipinski definition) is 3. The molecule has 8 nitrogen and oxygen atoms in total. The normalized spacial score (nSPS) is 10.7. The molecule has 0 heterocycles. The number of nitrogens with one attached hydrogen (secondary N) is 2. The fourth-order valence-corrected chi connectivity index (χ4v) is 2.77. The zero-order valence-electron chi connectivity index (χ0n) is 18.4. The molecule has 172 valence electrons. The number of methoxy groups -OCH3 is 3. The van der Waals surface area contributed by atoms with E-state index in [0.717, 1.165) is 17.7 Å². The van der Waals surface area contributed by atoms with Gasteiger partial charge in [0.25, 0.3) is 0 Å². The third-order valence-corrected chi connectivity index (χ3v) is 4.25. The molecule has 31 heavy (non-hydrogen) atoms. The predicted octanol–water partition coefficient (Wildman–Crippen LogP) is 2.96. The van der Waals surface area contributed by atoms with Crippen molar-refractivity contribution in [1.82, 2.24) is 10.6 Å². The lowest BCUT2D eigenvalue weighted by Crippen LogP contribution is -2.36. The molecule has 0 radical (unpaired) electrons. The van der Waals surface area contributed by atoms with Gasteiger partial charge in [-0.1, -0.05) is 12.1 Å². The predicted molar refractivity (Wildman–Crippen MR) is 132 cm³/mol. The number of aliphatic imine (C=N–C) groups is 1. The minimum Gasteiger partial charge on any atom is -0.493 e. The second-order valence-electron chi connectivity index (χ2n) is 6.30. The Morgan fingerprint density at radius 1 is 0.871 bits per heavy atom. The Kier molecular flexibility index (Phi) is 12.5. The van der Waals surface area contributed by atoms with Crippen LogP contribution in [0.2, 0.25) is 0 Å². The molecule has 3 N–H and O–H groups in total. The van der Waals surface area contributed by atoms with Crippen molar-refractivity contribution in [2.75, 3.05) is 41.1 Å². The van der Waals surface area contributed by atoms with Crippen molar-refractivity contribution in [3.8, 4) is 23.0 Å². The SMILES string of the molecule is CCNC(=NCc1ccc(OC)c(OC)c1)NCc1ccc(OCCO)c(OC)c1.I. The zero-order valence-corrected chi connectivity index (χ0v) is 20.8. The van der Waals surface area contributed by atoms with E-state index in [4.69, 9.17) is 24.1 Å². The molecule has 0 aliphatic heterocycles. The van der Waals surface area contributed by atoms with Crippen LogP contribution < -0.4 is 29.6 Å². The van der Waals surface area contributed by atoms with Crippen molar-refractivity contribution in [2.24, 2.45) is 4.99 Å². The molecule has 2 rings (SSSR count). The Morgan fingerprint density at radius 2 is 1.48 bits per heavy atom. The van der Waals surface area contributed by atoms with E-state index in [2.05, 4.69) is 15.6 Å². The maximum Gasteiger partial charge on any atom is 0.191 e. The van der Waals surface area contributed by atoms with Gasteiger partial charge in [-0.2, -0.15) is 0 Å². The van der Waals surface area contributed by atoms with Crippen molar-refractivity contribution < 1.29 is 24.1 Å². The molecule has 0 atom stereocenters. The first-order chi connectivity index (χ1) is 14.6. The molecular formula is C22H32IN3O5. The molecule has 0 aliphatic rings. The van der Waals surface area contributed by atoms with Crippen LogP contribution >= 0.6 is 24.0 Å². The summed E-state index contributed by atoms with van der Waals surface area (Å²) in [5.41, 5.74) is 2.02. The van der Waals surface area contributed by atoms with Gasteiger partial charge in [-0.25, -0.2) is 4.99 Å². The standard InChI is InChI=1S/C22H31N3O5.HI/c1-5-23-22(24-14-16-6-8-18(27-2)20(12-16)28-3)25-15-17-7-9-19(30-11-10-26)21(13-17)29-4;/h6-9,12-13,26H,5,10-11,14-15H2,1-4H3,(H2,23,24,25);1H. The summed E-state index contributed by atoms with van der Waals surface area (Å²) in [4.78, 5) is 4.64. The topological polar surface area (TPSA) is 93.6 Å². The summed E-state index contributed by atoms with van der Waals surface area (Å²) in [6.45, 7) is 4.00. The quantitative estimate of drug-likeness (QED) is 0.227. The van der Waals surface area contributed by atoms with Gasteiger partial charge in [-0.15, -0.1) is 24.0 Å². The molecule has 0 spiro atoms. The van der Waals surface area contributed by atoms with Crippen molar-refractivity contribution in [3.05, 3.63) is 47.5 Å². The number of benzene rings is 2. The fourth-order valence-electron chi connectivity index (χ4n) is 2.77. The van der Waals surface area contributed by atoms with Gasteiger partial charge < -0.3 is 34.7 Å². The average Bonchev–Trinajstić information content (AvgIpc) is 2.79. The summed E-state index contributed by atoms with van der Waals surface area (Å²) in [6, 6.07) is 11.4. The highest BCUT2D eigenvalue weighted by Crippen LogP contribution is 2.28. The number of aliphatic hydroxyl groups excluding tert-OH is 1. The summed E-state index contributed by atoms with van der Waals surface area (Å²) >= 11 is 0. The van der Waals surface area contributed by atoms with Crippen LogP contribution in [0, 0.1) is 0 Å². The Morgan fingerprint density at radius 3 is 2.13 bits per heavy atom. The Labute approximate surface area is 201 Å². The van der Waals surface area contributed by atoms with E-state index in [9.17, 15) is 0 Å². The molecule has 0 fully saturated rings. The highest BCUT2D eigenvalue weighted by Gasteiger charge is 2.07. The zero-order chi connectivity index (χ0) is 21.8. The summed E-state index contributed by atoms with van der Waals surface area (Å²) in [6.07, 6.45) is 0. The number of aliphatic hydroxyl groups is 1. The van der Waals surface area contributed by atoms with E-state index in [0.29, 0.717) is 42.0 Å². The summed E-state index contributed by atoms with van der Waals surface area (Å²) < 4.78 is 21.5. The van der Waals surface area contributed by atoms with Gasteiger partial charge >= 0.3 is 0 Å². The molecular weight excluding hydrogens is 513 g/mol. The van der Waals surface area contributed by atoms with Crippen molar-refractivity contribution in [1.29, 1.82) is 0 Å². The molecule has 0 aromatic heterocycles. The molecule has 0 amide bonds. The maximum atomic E-state index is 8.92. The number of guanidine groups is 1. The molecule has 2 aromatic carbocycles. The molecule has 2 aromatic rings. The van der Waals surface area contributed by atoms with Crippen LogP contribution in [-0.4, -0.2) is 52.2 Å². The minimum atomic E-state index is -0.0466. The number of rotatable bonds is 11. The summed E-state index contributed by atoms with van der Waals surface area (Å²) in [5.74, 6) is 3.29. The van der Waals surface area contributed by atoms with Crippen molar-refractivity contribution in [3.63, 3.8) is 0 Å². The Hall–Kier alpha value is -2.40. The van der Waals surface area contributed by atoms with Crippen LogP contribution in [0.3, 0.4) is 0 Å². The van der Waals surface area contributed by atoms with Crippen LogP contribution in [0.1, 0.15) is 18.1 Å². The van der Waals surface area contributed by atoms with Gasteiger partial charge in [0.05, 0.1) is 34.5 Å². The van der Waals surface area contributed by atoms with Gasteiger partial charge in [0.15, 0.2) is 29.0 Å². The monoisotopic (exact) mass is 545 g/mol. The Bertz CT molecular complexity index is 833. The lowest BCUT2D eigenvalue weighted by molar-refractivity contribution is 0.196. The van der Waals surface area contributed by atoms with Gasteiger partial charge in [-0.05, 0) is 42.3 Å². The van der Waals surface area contributed by atoms with Gasteiger partial charge in [0.2, 0.25) is 0 Å². The second-order valence-corrected chi connectivity index (χ2v) is 6.30. The number of halogens is 1. The first-order valence-corrected chi connectivity index (χ1v) is 9.78. The highest BCUT2D eigenvalue weighted by molar-refractivity contribution is 14.0. The third-order valence-electron chi connectivity index (χ3n) is 4.25. The van der Waals surface area contributed by atoms with E-state index in [1.165, 1.54) is 0 Å². The molecule has 0 bridgehead atoms. The van der Waals surface area contributed by atoms with Gasteiger partial charge in [0, 0.05) is 13.1 Å². The largest absolute Gasteiger partial charge is 0.493 e. The Balaban J connectivity index is 0.00000480. The molecule has 0 aliphatic carbocycles. The summed E-state index contributed by atoms with van der Waals surface area (Å²) in [7, 11) is 4.82. The second kappa shape index (κ2) is 14.6. The fraction of sp³-hybridized carbons (Fsp3) is 0.409.